The molecule has 0 saturated carbocycles. The molecule has 2 aliphatic heterocycles. The van der Waals surface area contributed by atoms with Crippen LogP contribution in [0.2, 0.25) is 0 Å². The first kappa shape index (κ1) is 14.7. The second-order valence-electron chi connectivity index (χ2n) is 7.35. The van der Waals surface area contributed by atoms with Gasteiger partial charge in [0.1, 0.15) is 23.0 Å². The lowest BCUT2D eigenvalue weighted by molar-refractivity contribution is 0.138. The summed E-state index contributed by atoms with van der Waals surface area (Å²) in [5.41, 5.74) is 2.58. The predicted octanol–water partition coefficient (Wildman–Crippen LogP) is 2.40. The summed E-state index contributed by atoms with van der Waals surface area (Å²) < 4.78 is 8.00. The van der Waals surface area contributed by atoms with Crippen molar-refractivity contribution in [2.75, 3.05) is 0 Å². The summed E-state index contributed by atoms with van der Waals surface area (Å²) in [4.78, 5) is 4.47. The molecule has 0 saturated heterocycles. The molecule has 0 spiro atoms. The molecule has 2 aromatic rings. The van der Waals surface area contributed by atoms with E-state index >= 15 is 0 Å². The maximum absolute atomic E-state index is 5.95. The van der Waals surface area contributed by atoms with Gasteiger partial charge < -0.3 is 10.1 Å². The molecule has 3 heterocycles. The molecule has 0 amide bonds. The number of benzene rings is 1. The van der Waals surface area contributed by atoms with Gasteiger partial charge in [-0.2, -0.15) is 5.10 Å². The first-order valence-corrected chi connectivity index (χ1v) is 8.43. The molecule has 2 aliphatic rings. The van der Waals surface area contributed by atoms with Crippen LogP contribution in [0.1, 0.15) is 43.0 Å². The number of hydrogen-bond donors (Lipinski definition) is 1. The van der Waals surface area contributed by atoms with Gasteiger partial charge in [0.2, 0.25) is 0 Å². The van der Waals surface area contributed by atoms with Gasteiger partial charge in [0.25, 0.3) is 0 Å². The highest BCUT2D eigenvalue weighted by molar-refractivity contribution is 5.41. The third kappa shape index (κ3) is 2.98. The minimum atomic E-state index is -0.0703. The number of hydrogen-bond acceptors (Lipinski definition) is 4. The standard InChI is InChI=1S/C18H24N4O/c1-12-20-17-7-5-15(11-22(17)21-12)19-10-13-4-6-16-14(8-13)9-18(2,3)23-16/h4,6,8,15,19H,5,7,9-11H2,1-3H3/t15-/m0/s1. The van der Waals surface area contributed by atoms with Gasteiger partial charge in [0.15, 0.2) is 0 Å². The number of nitrogens with zero attached hydrogens (tertiary/aromatic N) is 3. The van der Waals surface area contributed by atoms with Gasteiger partial charge in [0.05, 0.1) is 6.54 Å². The van der Waals surface area contributed by atoms with Crippen molar-refractivity contribution in [3.05, 3.63) is 41.0 Å². The van der Waals surface area contributed by atoms with Crippen LogP contribution in [0, 0.1) is 6.92 Å². The largest absolute Gasteiger partial charge is 0.487 e. The highest BCUT2D eigenvalue weighted by Crippen LogP contribution is 2.35. The first-order chi connectivity index (χ1) is 11.0. The number of rotatable bonds is 3. The van der Waals surface area contributed by atoms with Gasteiger partial charge in [-0.1, -0.05) is 12.1 Å². The van der Waals surface area contributed by atoms with Crippen LogP contribution in [0.5, 0.6) is 5.75 Å². The number of aryl methyl sites for hydroxylation is 2. The van der Waals surface area contributed by atoms with Crippen LogP contribution in [0.15, 0.2) is 18.2 Å². The van der Waals surface area contributed by atoms with Crippen LogP contribution in [0.4, 0.5) is 0 Å². The fourth-order valence-electron chi connectivity index (χ4n) is 3.64. The van der Waals surface area contributed by atoms with Crippen molar-refractivity contribution in [2.24, 2.45) is 0 Å². The van der Waals surface area contributed by atoms with E-state index in [1.807, 2.05) is 6.92 Å². The van der Waals surface area contributed by atoms with Crippen molar-refractivity contribution in [1.29, 1.82) is 0 Å². The quantitative estimate of drug-likeness (QED) is 0.945. The number of fused-ring (bicyclic) bond motifs is 2. The topological polar surface area (TPSA) is 52.0 Å². The summed E-state index contributed by atoms with van der Waals surface area (Å²) in [5, 5.41) is 8.14. The average molecular weight is 312 g/mol. The van der Waals surface area contributed by atoms with Crippen LogP contribution in [-0.4, -0.2) is 26.4 Å². The van der Waals surface area contributed by atoms with Crippen molar-refractivity contribution in [3.63, 3.8) is 0 Å². The molecule has 23 heavy (non-hydrogen) atoms. The Morgan fingerprint density at radius 3 is 3.13 bits per heavy atom. The Morgan fingerprint density at radius 2 is 2.26 bits per heavy atom. The van der Waals surface area contributed by atoms with E-state index in [1.165, 1.54) is 11.1 Å². The van der Waals surface area contributed by atoms with Gasteiger partial charge in [-0.15, -0.1) is 0 Å². The Labute approximate surface area is 137 Å². The average Bonchev–Trinajstić information content (AvgIpc) is 3.00. The Bertz CT molecular complexity index is 735. The Balaban J connectivity index is 1.39. The van der Waals surface area contributed by atoms with Gasteiger partial charge in [-0.25, -0.2) is 9.67 Å². The lowest BCUT2D eigenvalue weighted by Gasteiger charge is -2.23. The molecule has 0 bridgehead atoms. The van der Waals surface area contributed by atoms with Gasteiger partial charge in [-0.05, 0) is 44.4 Å². The highest BCUT2D eigenvalue weighted by atomic mass is 16.5. The van der Waals surface area contributed by atoms with E-state index in [2.05, 4.69) is 52.1 Å². The Morgan fingerprint density at radius 1 is 1.39 bits per heavy atom. The molecule has 1 aromatic heterocycles. The summed E-state index contributed by atoms with van der Waals surface area (Å²) in [5.74, 6) is 3.04. The molecule has 1 N–H and O–H groups in total. The molecule has 1 atom stereocenters. The Kier molecular flexibility index (Phi) is 3.41. The van der Waals surface area contributed by atoms with Crippen LogP contribution < -0.4 is 10.1 Å². The van der Waals surface area contributed by atoms with E-state index in [0.717, 1.165) is 49.8 Å². The molecular formula is C18H24N4O. The second kappa shape index (κ2) is 5.34. The third-order valence-corrected chi connectivity index (χ3v) is 4.69. The molecule has 0 fully saturated rings. The van der Waals surface area contributed by atoms with Gasteiger partial charge >= 0.3 is 0 Å². The van der Waals surface area contributed by atoms with Crippen molar-refractivity contribution in [2.45, 2.75) is 64.8 Å². The monoisotopic (exact) mass is 312 g/mol. The van der Waals surface area contributed by atoms with Crippen molar-refractivity contribution in [1.82, 2.24) is 20.1 Å². The fourth-order valence-corrected chi connectivity index (χ4v) is 3.64. The van der Waals surface area contributed by atoms with E-state index in [9.17, 15) is 0 Å². The maximum atomic E-state index is 5.95. The van der Waals surface area contributed by atoms with E-state index in [-0.39, 0.29) is 5.60 Å². The molecule has 0 radical (unpaired) electrons. The summed E-state index contributed by atoms with van der Waals surface area (Å²) in [6.07, 6.45) is 3.12. The summed E-state index contributed by atoms with van der Waals surface area (Å²) in [7, 11) is 0. The zero-order chi connectivity index (χ0) is 16.0. The zero-order valence-electron chi connectivity index (χ0n) is 14.1. The summed E-state index contributed by atoms with van der Waals surface area (Å²) in [6.45, 7) is 8.05. The highest BCUT2D eigenvalue weighted by Gasteiger charge is 2.30. The lowest BCUT2D eigenvalue weighted by atomic mass is 10.00. The fraction of sp³-hybridized carbons (Fsp3) is 0.556. The molecular weight excluding hydrogens is 288 g/mol. The number of ether oxygens (including phenoxy) is 1. The van der Waals surface area contributed by atoms with Crippen molar-refractivity contribution < 1.29 is 4.74 Å². The van der Waals surface area contributed by atoms with Gasteiger partial charge in [-0.3, -0.25) is 0 Å². The van der Waals surface area contributed by atoms with E-state index < -0.39 is 0 Å². The van der Waals surface area contributed by atoms with Crippen LogP contribution in [0.25, 0.3) is 0 Å². The smallest absolute Gasteiger partial charge is 0.147 e. The number of nitrogens with one attached hydrogen (secondary N) is 1. The molecule has 0 aliphatic carbocycles. The lowest BCUT2D eigenvalue weighted by Crippen LogP contribution is -2.37. The van der Waals surface area contributed by atoms with Crippen LogP contribution in [-0.2, 0) is 25.9 Å². The molecule has 4 rings (SSSR count). The predicted molar refractivity (Wildman–Crippen MR) is 88.6 cm³/mol. The molecule has 0 unspecified atom stereocenters. The summed E-state index contributed by atoms with van der Waals surface area (Å²) in [6, 6.07) is 7.02. The van der Waals surface area contributed by atoms with Crippen molar-refractivity contribution >= 4 is 0 Å². The number of aromatic nitrogens is 3. The van der Waals surface area contributed by atoms with Crippen molar-refractivity contribution in [3.8, 4) is 5.75 Å². The molecule has 122 valence electrons. The zero-order valence-corrected chi connectivity index (χ0v) is 14.1. The minimum Gasteiger partial charge on any atom is -0.487 e. The van der Waals surface area contributed by atoms with Crippen LogP contribution >= 0.6 is 0 Å². The second-order valence-corrected chi connectivity index (χ2v) is 7.35. The molecule has 5 nitrogen and oxygen atoms in total. The maximum Gasteiger partial charge on any atom is 0.147 e. The van der Waals surface area contributed by atoms with E-state index in [0.29, 0.717) is 6.04 Å². The minimum absolute atomic E-state index is 0.0703. The van der Waals surface area contributed by atoms with Crippen LogP contribution in [0.3, 0.4) is 0 Å². The van der Waals surface area contributed by atoms with Gasteiger partial charge in [0, 0.05) is 25.4 Å². The normalized spacial score (nSPS) is 21.6. The van der Waals surface area contributed by atoms with E-state index in [1.54, 1.807) is 0 Å². The summed E-state index contributed by atoms with van der Waals surface area (Å²) >= 11 is 0. The SMILES string of the molecule is Cc1nc2n(n1)C[C@@H](NCc1ccc3c(c1)CC(C)(C)O3)CC2. The third-order valence-electron chi connectivity index (χ3n) is 4.69. The molecule has 5 heteroatoms. The first-order valence-electron chi connectivity index (χ1n) is 8.43. The Hall–Kier alpha value is -1.88. The molecule has 1 aromatic carbocycles. The van der Waals surface area contributed by atoms with E-state index in [4.69, 9.17) is 4.74 Å².